The number of piperidine rings is 1. The minimum absolute atomic E-state index is 0.0228. The smallest absolute Gasteiger partial charge is 0.225 e. The zero-order valence-corrected chi connectivity index (χ0v) is 14.0. The Morgan fingerprint density at radius 2 is 2.26 bits per heavy atom. The lowest BCUT2D eigenvalue weighted by Crippen LogP contribution is -2.47. The van der Waals surface area contributed by atoms with Crippen molar-refractivity contribution in [3.8, 4) is 5.75 Å². The Kier molecular flexibility index (Phi) is 5.98. The Labute approximate surface area is 137 Å². The average molecular weight is 319 g/mol. The van der Waals surface area contributed by atoms with Gasteiger partial charge in [0.25, 0.3) is 0 Å². The zero-order chi connectivity index (χ0) is 16.8. The quantitative estimate of drug-likeness (QED) is 0.865. The molecule has 1 atom stereocenters. The summed E-state index contributed by atoms with van der Waals surface area (Å²) in [4.78, 5) is 27.5. The van der Waals surface area contributed by atoms with Gasteiger partial charge in [-0.15, -0.1) is 0 Å². The van der Waals surface area contributed by atoms with Crippen molar-refractivity contribution in [1.82, 2.24) is 9.80 Å². The fourth-order valence-electron chi connectivity index (χ4n) is 2.73. The highest BCUT2D eigenvalue weighted by Gasteiger charge is 2.25. The summed E-state index contributed by atoms with van der Waals surface area (Å²) in [6, 6.07) is 7.64. The molecule has 1 aromatic rings. The van der Waals surface area contributed by atoms with E-state index in [9.17, 15) is 9.59 Å². The molecule has 0 spiro atoms. The number of benzene rings is 1. The van der Waals surface area contributed by atoms with Crippen LogP contribution in [0.4, 0.5) is 5.69 Å². The molecule has 2 rings (SSSR count). The maximum absolute atomic E-state index is 12.1. The van der Waals surface area contributed by atoms with Crippen molar-refractivity contribution >= 4 is 17.5 Å². The van der Waals surface area contributed by atoms with Crippen LogP contribution in [0.25, 0.3) is 0 Å². The van der Waals surface area contributed by atoms with E-state index in [1.54, 1.807) is 18.1 Å². The van der Waals surface area contributed by atoms with Crippen molar-refractivity contribution in [3.05, 3.63) is 24.3 Å². The largest absolute Gasteiger partial charge is 0.497 e. The first-order valence-corrected chi connectivity index (χ1v) is 7.87. The number of likely N-dealkylation sites (tertiary alicyclic amines) is 1. The van der Waals surface area contributed by atoms with Gasteiger partial charge in [-0.05, 0) is 25.6 Å². The van der Waals surface area contributed by atoms with Crippen LogP contribution in [0.15, 0.2) is 24.3 Å². The number of carbonyl (C=O) groups is 2. The van der Waals surface area contributed by atoms with E-state index in [-0.39, 0.29) is 11.8 Å². The summed E-state index contributed by atoms with van der Waals surface area (Å²) >= 11 is 0. The molecule has 0 aliphatic carbocycles. The second-order valence-electron chi connectivity index (χ2n) is 5.98. The number of nitrogens with zero attached hydrogens (tertiary/aromatic N) is 2. The Morgan fingerprint density at radius 3 is 2.96 bits per heavy atom. The van der Waals surface area contributed by atoms with Crippen LogP contribution in [0.1, 0.15) is 19.3 Å². The number of hydrogen-bond donors (Lipinski definition) is 1. The molecular weight excluding hydrogens is 294 g/mol. The van der Waals surface area contributed by atoms with E-state index in [1.807, 2.05) is 32.3 Å². The van der Waals surface area contributed by atoms with Crippen molar-refractivity contribution in [2.24, 2.45) is 0 Å². The minimum Gasteiger partial charge on any atom is -0.497 e. The Balaban J connectivity index is 1.78. The highest BCUT2D eigenvalue weighted by Crippen LogP contribution is 2.17. The Morgan fingerprint density at radius 1 is 1.48 bits per heavy atom. The summed E-state index contributed by atoms with van der Waals surface area (Å²) in [7, 11) is 5.44. The average Bonchev–Trinajstić information content (AvgIpc) is 2.55. The Bertz CT molecular complexity index is 562. The lowest BCUT2D eigenvalue weighted by molar-refractivity contribution is -0.133. The van der Waals surface area contributed by atoms with Gasteiger partial charge < -0.3 is 19.9 Å². The minimum atomic E-state index is -0.0228. The second kappa shape index (κ2) is 7.97. The van der Waals surface area contributed by atoms with Gasteiger partial charge in [0.05, 0.1) is 7.11 Å². The molecule has 0 saturated carbocycles. The van der Waals surface area contributed by atoms with Gasteiger partial charge in [-0.1, -0.05) is 6.07 Å². The summed E-state index contributed by atoms with van der Waals surface area (Å²) in [5.74, 6) is 0.894. The summed E-state index contributed by atoms with van der Waals surface area (Å²) in [5.41, 5.74) is 0.736. The van der Waals surface area contributed by atoms with Gasteiger partial charge in [0.1, 0.15) is 5.75 Å². The predicted octanol–water partition coefficient (Wildman–Crippen LogP) is 1.58. The number of likely N-dealkylation sites (N-methyl/N-ethyl adjacent to an activating group) is 2. The van der Waals surface area contributed by atoms with Crippen LogP contribution >= 0.6 is 0 Å². The second-order valence-corrected chi connectivity index (χ2v) is 5.98. The third-order valence-corrected chi connectivity index (χ3v) is 4.27. The molecule has 0 aromatic heterocycles. The number of amides is 2. The van der Waals surface area contributed by atoms with E-state index in [4.69, 9.17) is 4.74 Å². The van der Waals surface area contributed by atoms with Crippen molar-refractivity contribution in [3.63, 3.8) is 0 Å². The van der Waals surface area contributed by atoms with E-state index < -0.39 is 0 Å². The van der Waals surface area contributed by atoms with Crippen molar-refractivity contribution < 1.29 is 14.3 Å². The molecule has 126 valence electrons. The lowest BCUT2D eigenvalue weighted by Gasteiger charge is -2.35. The van der Waals surface area contributed by atoms with Gasteiger partial charge in [0.2, 0.25) is 11.8 Å². The zero-order valence-electron chi connectivity index (χ0n) is 14.0. The van der Waals surface area contributed by atoms with Crippen LogP contribution in [0.2, 0.25) is 0 Å². The molecule has 1 unspecified atom stereocenters. The summed E-state index contributed by atoms with van der Waals surface area (Å²) in [5, 5.41) is 2.88. The molecule has 6 heteroatoms. The summed E-state index contributed by atoms with van der Waals surface area (Å²) in [6.45, 7) is 1.40. The molecular formula is C17H25N3O3. The van der Waals surface area contributed by atoms with Crippen LogP contribution in [-0.4, -0.2) is 62.0 Å². The molecule has 1 heterocycles. The van der Waals surface area contributed by atoms with E-state index in [1.165, 1.54) is 0 Å². The number of methoxy groups -OCH3 is 1. The predicted molar refractivity (Wildman–Crippen MR) is 89.5 cm³/mol. The van der Waals surface area contributed by atoms with Gasteiger partial charge in [0, 0.05) is 50.8 Å². The number of carbonyl (C=O) groups excluding carboxylic acids is 2. The molecule has 1 saturated heterocycles. The standard InChI is InChI=1S/C17H25N3O3/c1-19(14-7-8-17(22)20(2)12-14)10-9-16(21)18-13-5-4-6-15(11-13)23-3/h4-6,11,14H,7-10,12H2,1-3H3,(H,18,21). The lowest BCUT2D eigenvalue weighted by atomic mass is 10.0. The molecule has 1 fully saturated rings. The van der Waals surface area contributed by atoms with Gasteiger partial charge in [-0.3, -0.25) is 9.59 Å². The third-order valence-electron chi connectivity index (χ3n) is 4.27. The molecule has 23 heavy (non-hydrogen) atoms. The van der Waals surface area contributed by atoms with Crippen LogP contribution in [-0.2, 0) is 9.59 Å². The van der Waals surface area contributed by atoms with Crippen LogP contribution in [0.3, 0.4) is 0 Å². The van der Waals surface area contributed by atoms with Crippen LogP contribution in [0.5, 0.6) is 5.75 Å². The normalized spacial score (nSPS) is 18.2. The van der Waals surface area contributed by atoms with Crippen molar-refractivity contribution in [1.29, 1.82) is 0 Å². The monoisotopic (exact) mass is 319 g/mol. The van der Waals surface area contributed by atoms with Crippen molar-refractivity contribution in [2.45, 2.75) is 25.3 Å². The number of hydrogen-bond acceptors (Lipinski definition) is 4. The van der Waals surface area contributed by atoms with Crippen LogP contribution in [0, 0.1) is 0 Å². The van der Waals surface area contributed by atoms with Gasteiger partial charge >= 0.3 is 0 Å². The Hall–Kier alpha value is -2.08. The molecule has 0 radical (unpaired) electrons. The van der Waals surface area contributed by atoms with E-state index in [0.29, 0.717) is 25.4 Å². The molecule has 1 aliphatic heterocycles. The van der Waals surface area contributed by atoms with E-state index >= 15 is 0 Å². The van der Waals surface area contributed by atoms with Gasteiger partial charge in [0.15, 0.2) is 0 Å². The molecule has 1 N–H and O–H groups in total. The maximum Gasteiger partial charge on any atom is 0.225 e. The fourth-order valence-corrected chi connectivity index (χ4v) is 2.73. The first-order chi connectivity index (χ1) is 11.0. The molecule has 1 aliphatic rings. The summed E-state index contributed by atoms with van der Waals surface area (Å²) in [6.07, 6.45) is 1.86. The third kappa shape index (κ3) is 4.96. The molecule has 1 aromatic carbocycles. The first-order valence-electron chi connectivity index (χ1n) is 7.87. The van der Waals surface area contributed by atoms with E-state index in [2.05, 4.69) is 10.2 Å². The van der Waals surface area contributed by atoms with Crippen molar-refractivity contribution in [2.75, 3.05) is 39.6 Å². The molecule has 6 nitrogen and oxygen atoms in total. The number of nitrogens with one attached hydrogen (secondary N) is 1. The number of anilines is 1. The summed E-state index contributed by atoms with van der Waals surface area (Å²) < 4.78 is 5.14. The number of rotatable bonds is 6. The number of ether oxygens (including phenoxy) is 1. The van der Waals surface area contributed by atoms with Gasteiger partial charge in [-0.25, -0.2) is 0 Å². The van der Waals surface area contributed by atoms with Gasteiger partial charge in [-0.2, -0.15) is 0 Å². The molecule has 2 amide bonds. The maximum atomic E-state index is 12.1. The SMILES string of the molecule is COc1cccc(NC(=O)CCN(C)C2CCC(=O)N(C)C2)c1. The molecule has 0 bridgehead atoms. The van der Waals surface area contributed by atoms with Crippen LogP contribution < -0.4 is 10.1 Å². The fraction of sp³-hybridized carbons (Fsp3) is 0.529. The van der Waals surface area contributed by atoms with E-state index in [0.717, 1.165) is 24.4 Å². The highest BCUT2D eigenvalue weighted by molar-refractivity contribution is 5.91. The topological polar surface area (TPSA) is 61.9 Å². The highest BCUT2D eigenvalue weighted by atomic mass is 16.5. The first kappa shape index (κ1) is 17.3.